The standard InChI is InChI=1S/C14H13N3O3S/c18-10-15-16-11-6-8-13(9-7-11)21-17-14(19)20-12-4-2-1-3-5-12/h1-10,16H,(H,15,18)(H,17,19). The van der Waals surface area contributed by atoms with E-state index in [2.05, 4.69) is 15.6 Å². The van der Waals surface area contributed by atoms with E-state index in [1.165, 1.54) is 0 Å². The molecule has 0 aliphatic rings. The van der Waals surface area contributed by atoms with Gasteiger partial charge in [-0.2, -0.15) is 0 Å². The van der Waals surface area contributed by atoms with Gasteiger partial charge in [0.2, 0.25) is 6.41 Å². The normalized spacial score (nSPS) is 9.52. The molecule has 2 aromatic rings. The Bertz CT molecular complexity index is 590. The lowest BCUT2D eigenvalue weighted by molar-refractivity contribution is -0.109. The van der Waals surface area contributed by atoms with Crippen LogP contribution in [0.1, 0.15) is 0 Å². The van der Waals surface area contributed by atoms with Gasteiger partial charge in [-0.25, -0.2) is 4.79 Å². The van der Waals surface area contributed by atoms with Crippen LogP contribution in [0.2, 0.25) is 0 Å². The first kappa shape index (κ1) is 14.7. The van der Waals surface area contributed by atoms with Gasteiger partial charge in [0, 0.05) is 4.90 Å². The topological polar surface area (TPSA) is 79.5 Å². The van der Waals surface area contributed by atoms with E-state index in [0.717, 1.165) is 22.5 Å². The van der Waals surface area contributed by atoms with Crippen LogP contribution in [0.3, 0.4) is 0 Å². The van der Waals surface area contributed by atoms with Crippen LogP contribution < -0.4 is 20.3 Å². The Morgan fingerprint density at radius 3 is 2.43 bits per heavy atom. The third-order valence-electron chi connectivity index (χ3n) is 2.34. The molecular weight excluding hydrogens is 290 g/mol. The summed E-state index contributed by atoms with van der Waals surface area (Å²) in [4.78, 5) is 22.5. The minimum atomic E-state index is -0.545. The highest BCUT2D eigenvalue weighted by atomic mass is 32.2. The van der Waals surface area contributed by atoms with Crippen LogP contribution in [0.5, 0.6) is 5.75 Å². The highest BCUT2D eigenvalue weighted by molar-refractivity contribution is 7.98. The number of carbonyl (C=O) groups excluding carboxylic acids is 2. The second kappa shape index (κ2) is 7.81. The SMILES string of the molecule is O=CNNc1ccc(SNC(=O)Oc2ccccc2)cc1. The summed E-state index contributed by atoms with van der Waals surface area (Å²) in [5, 5.41) is 0. The second-order valence-corrected chi connectivity index (χ2v) is 4.70. The van der Waals surface area contributed by atoms with E-state index >= 15 is 0 Å². The molecule has 2 rings (SSSR count). The number of anilines is 1. The highest BCUT2D eigenvalue weighted by Crippen LogP contribution is 2.18. The van der Waals surface area contributed by atoms with Crippen LogP contribution in [0, 0.1) is 0 Å². The van der Waals surface area contributed by atoms with Crippen molar-refractivity contribution in [3.8, 4) is 5.75 Å². The first-order valence-corrected chi connectivity index (χ1v) is 6.84. The minimum absolute atomic E-state index is 0.482. The van der Waals surface area contributed by atoms with Gasteiger partial charge in [0.05, 0.1) is 5.69 Å². The van der Waals surface area contributed by atoms with E-state index < -0.39 is 6.09 Å². The van der Waals surface area contributed by atoms with Gasteiger partial charge in [-0.05, 0) is 48.3 Å². The quantitative estimate of drug-likeness (QED) is 0.434. The van der Waals surface area contributed by atoms with Gasteiger partial charge in [0.25, 0.3) is 0 Å². The van der Waals surface area contributed by atoms with E-state index in [0.29, 0.717) is 12.2 Å². The second-order valence-electron chi connectivity index (χ2n) is 3.82. The lowest BCUT2D eigenvalue weighted by Crippen LogP contribution is -2.20. The molecular formula is C14H13N3O3S. The molecule has 2 amide bonds. The average Bonchev–Trinajstić information content (AvgIpc) is 2.53. The van der Waals surface area contributed by atoms with Crippen molar-refractivity contribution in [1.82, 2.24) is 10.1 Å². The van der Waals surface area contributed by atoms with Crippen LogP contribution in [0.4, 0.5) is 10.5 Å². The molecule has 0 saturated carbocycles. The molecule has 0 spiro atoms. The number of hydrogen-bond acceptors (Lipinski definition) is 5. The van der Waals surface area contributed by atoms with E-state index in [9.17, 15) is 9.59 Å². The zero-order chi connectivity index (χ0) is 14.9. The number of para-hydroxylation sites is 1. The van der Waals surface area contributed by atoms with Crippen molar-refractivity contribution in [2.75, 3.05) is 5.43 Å². The van der Waals surface area contributed by atoms with Crippen molar-refractivity contribution in [3.05, 3.63) is 54.6 Å². The van der Waals surface area contributed by atoms with Crippen LogP contribution in [-0.4, -0.2) is 12.5 Å². The summed E-state index contributed by atoms with van der Waals surface area (Å²) in [6, 6.07) is 15.9. The predicted molar refractivity (Wildman–Crippen MR) is 80.7 cm³/mol. The summed E-state index contributed by atoms with van der Waals surface area (Å²) in [7, 11) is 0. The fraction of sp³-hybridized carbons (Fsp3) is 0. The Balaban J connectivity index is 1.79. The van der Waals surface area contributed by atoms with Gasteiger partial charge < -0.3 is 4.74 Å². The first-order chi connectivity index (χ1) is 10.3. The van der Waals surface area contributed by atoms with Gasteiger partial charge in [0.1, 0.15) is 5.75 Å². The number of benzene rings is 2. The van der Waals surface area contributed by atoms with Crippen LogP contribution >= 0.6 is 11.9 Å². The first-order valence-electron chi connectivity index (χ1n) is 6.03. The molecule has 0 unspecified atom stereocenters. The molecule has 0 bridgehead atoms. The fourth-order valence-electron chi connectivity index (χ4n) is 1.44. The number of rotatable bonds is 6. The fourth-order valence-corrected chi connectivity index (χ4v) is 1.95. The number of carbonyl (C=O) groups is 2. The maximum Gasteiger partial charge on any atom is 0.422 e. The minimum Gasteiger partial charge on any atom is -0.410 e. The number of amides is 2. The van der Waals surface area contributed by atoms with Crippen molar-refractivity contribution in [1.29, 1.82) is 0 Å². The van der Waals surface area contributed by atoms with E-state index in [-0.39, 0.29) is 0 Å². The molecule has 0 heterocycles. The van der Waals surface area contributed by atoms with Gasteiger partial charge in [-0.3, -0.25) is 20.4 Å². The molecule has 0 aliphatic heterocycles. The molecule has 0 aromatic heterocycles. The Hall–Kier alpha value is -2.67. The average molecular weight is 303 g/mol. The summed E-state index contributed by atoms with van der Waals surface area (Å²) in [6.45, 7) is 0. The zero-order valence-electron chi connectivity index (χ0n) is 10.9. The summed E-state index contributed by atoms with van der Waals surface area (Å²) < 4.78 is 7.65. The van der Waals surface area contributed by atoms with Gasteiger partial charge in [-0.1, -0.05) is 18.2 Å². The third-order valence-corrected chi connectivity index (χ3v) is 3.11. The van der Waals surface area contributed by atoms with Crippen LogP contribution in [0.15, 0.2) is 59.5 Å². The molecule has 0 saturated heterocycles. The molecule has 0 fully saturated rings. The Morgan fingerprint density at radius 2 is 1.76 bits per heavy atom. The van der Waals surface area contributed by atoms with E-state index in [1.54, 1.807) is 48.5 Å². The van der Waals surface area contributed by atoms with Crippen molar-refractivity contribution in [2.24, 2.45) is 0 Å². The number of hydrazine groups is 1. The van der Waals surface area contributed by atoms with E-state index in [1.807, 2.05) is 6.07 Å². The summed E-state index contributed by atoms with van der Waals surface area (Å²) in [5.74, 6) is 0.482. The Labute approximate surface area is 126 Å². The molecule has 7 heteroatoms. The molecule has 0 aliphatic carbocycles. The highest BCUT2D eigenvalue weighted by Gasteiger charge is 2.04. The van der Waals surface area contributed by atoms with Gasteiger partial charge >= 0.3 is 6.09 Å². The summed E-state index contributed by atoms with van der Waals surface area (Å²) >= 11 is 1.14. The van der Waals surface area contributed by atoms with Gasteiger partial charge in [0.15, 0.2) is 0 Å². The van der Waals surface area contributed by atoms with Crippen molar-refractivity contribution >= 4 is 30.1 Å². The smallest absolute Gasteiger partial charge is 0.410 e. The molecule has 108 valence electrons. The maximum absolute atomic E-state index is 11.6. The predicted octanol–water partition coefficient (Wildman–Crippen LogP) is 2.56. The molecule has 2 aromatic carbocycles. The van der Waals surface area contributed by atoms with Crippen LogP contribution in [-0.2, 0) is 4.79 Å². The summed E-state index contributed by atoms with van der Waals surface area (Å²) in [6.07, 6.45) is 0.0000920. The maximum atomic E-state index is 11.6. The summed E-state index contributed by atoms with van der Waals surface area (Å²) in [5.41, 5.74) is 5.75. The molecule has 0 atom stereocenters. The van der Waals surface area contributed by atoms with Crippen molar-refractivity contribution in [3.63, 3.8) is 0 Å². The number of hydrogen-bond donors (Lipinski definition) is 3. The third kappa shape index (κ3) is 5.07. The molecule has 21 heavy (non-hydrogen) atoms. The van der Waals surface area contributed by atoms with Crippen LogP contribution in [0.25, 0.3) is 0 Å². The van der Waals surface area contributed by atoms with Crippen molar-refractivity contribution < 1.29 is 14.3 Å². The number of ether oxygens (including phenoxy) is 1. The molecule has 0 radical (unpaired) electrons. The van der Waals surface area contributed by atoms with Crippen molar-refractivity contribution in [2.45, 2.75) is 4.90 Å². The van der Waals surface area contributed by atoms with Gasteiger partial charge in [-0.15, -0.1) is 0 Å². The lowest BCUT2D eigenvalue weighted by atomic mass is 10.3. The molecule has 3 N–H and O–H groups in total. The Morgan fingerprint density at radius 1 is 1.05 bits per heavy atom. The monoisotopic (exact) mass is 303 g/mol. The lowest BCUT2D eigenvalue weighted by Gasteiger charge is -2.07. The zero-order valence-corrected chi connectivity index (χ0v) is 11.7. The number of nitrogens with one attached hydrogen (secondary N) is 3. The Kier molecular flexibility index (Phi) is 5.48. The molecule has 6 nitrogen and oxygen atoms in total. The largest absolute Gasteiger partial charge is 0.422 e. The van der Waals surface area contributed by atoms with E-state index in [4.69, 9.17) is 4.74 Å².